The molecule has 0 aliphatic rings. The van der Waals surface area contributed by atoms with Crippen LogP contribution in [0.25, 0.3) is 0 Å². The van der Waals surface area contributed by atoms with Crippen molar-refractivity contribution in [1.29, 1.82) is 0 Å². The van der Waals surface area contributed by atoms with Crippen molar-refractivity contribution >= 4 is 58.3 Å². The summed E-state index contributed by atoms with van der Waals surface area (Å²) in [5.41, 5.74) is 1.70. The molecule has 0 bridgehead atoms. The van der Waals surface area contributed by atoms with Crippen LogP contribution in [0, 0.1) is 0 Å². The highest BCUT2D eigenvalue weighted by atomic mass is 33.1. The molecule has 13 heteroatoms. The normalized spacial score (nSPS) is 10.2. The molecule has 4 rings (SSSR count). The van der Waals surface area contributed by atoms with E-state index in [1.807, 2.05) is 30.3 Å². The first-order valence-electron chi connectivity index (χ1n) is 15.4. The Hall–Kier alpha value is -4.59. The van der Waals surface area contributed by atoms with Gasteiger partial charge in [-0.25, -0.2) is 4.79 Å². The number of ether oxygens (including phenoxy) is 4. The third kappa shape index (κ3) is 13.0. The van der Waals surface area contributed by atoms with Gasteiger partial charge in [-0.05, 0) is 77.7 Å². The van der Waals surface area contributed by atoms with Crippen LogP contribution in [0.3, 0.4) is 0 Å². The number of amides is 1. The molecule has 1 amide bonds. The first-order chi connectivity index (χ1) is 24.2. The Bertz CT molecular complexity index is 1740. The summed E-state index contributed by atoms with van der Waals surface area (Å²) in [6.07, 6.45) is 3.68. The number of carbonyl (C=O) groups is 4. The predicted molar refractivity (Wildman–Crippen MR) is 198 cm³/mol. The molecule has 0 saturated carbocycles. The molecule has 0 saturated heterocycles. The molecule has 0 unspecified atom stereocenters. The highest BCUT2D eigenvalue weighted by molar-refractivity contribution is 8.76. The molecule has 2 N–H and O–H groups in total. The number of carbonyl (C=O) groups excluding carboxylic acids is 3. The number of carboxylic acid groups (broad SMARTS) is 1. The van der Waals surface area contributed by atoms with Crippen molar-refractivity contribution in [3.8, 4) is 23.0 Å². The second-order valence-electron chi connectivity index (χ2n) is 10.5. The average molecular weight is 738 g/mol. The Morgan fingerprint density at radius 1 is 0.760 bits per heavy atom. The number of carboxylic acids is 1. The molecule has 50 heavy (non-hydrogen) atoms. The second-order valence-corrected chi connectivity index (χ2v) is 13.2. The van der Waals surface area contributed by atoms with Crippen LogP contribution in [-0.2, 0) is 16.0 Å². The molecular formula is C37H39NO9S3. The zero-order chi connectivity index (χ0) is 36.3. The van der Waals surface area contributed by atoms with Gasteiger partial charge in [0, 0.05) is 35.2 Å². The van der Waals surface area contributed by atoms with Crippen LogP contribution in [0.15, 0.2) is 99.6 Å². The second kappa shape index (κ2) is 21.5. The lowest BCUT2D eigenvalue weighted by Crippen LogP contribution is -2.24. The van der Waals surface area contributed by atoms with Gasteiger partial charge >= 0.3 is 5.97 Å². The van der Waals surface area contributed by atoms with Gasteiger partial charge in [-0.3, -0.25) is 14.4 Å². The molecule has 0 spiro atoms. The number of hydrogen-bond donors (Lipinski definition) is 3. The molecule has 264 valence electrons. The minimum Gasteiger partial charge on any atom is -0.497 e. The Balaban J connectivity index is 0.000000271. The van der Waals surface area contributed by atoms with Gasteiger partial charge in [-0.2, -0.15) is 0 Å². The van der Waals surface area contributed by atoms with E-state index >= 15 is 0 Å². The van der Waals surface area contributed by atoms with E-state index in [0.29, 0.717) is 69.1 Å². The Morgan fingerprint density at radius 3 is 2.00 bits per heavy atom. The van der Waals surface area contributed by atoms with Gasteiger partial charge in [0.25, 0.3) is 12.4 Å². The fourth-order valence-electron chi connectivity index (χ4n) is 4.45. The van der Waals surface area contributed by atoms with Crippen LogP contribution in [0.2, 0.25) is 0 Å². The van der Waals surface area contributed by atoms with Crippen molar-refractivity contribution in [2.45, 2.75) is 46.8 Å². The zero-order valence-corrected chi connectivity index (χ0v) is 30.4. The summed E-state index contributed by atoms with van der Waals surface area (Å²) in [6, 6.07) is 24.9. The summed E-state index contributed by atoms with van der Waals surface area (Å²) in [4.78, 5) is 48.0. The van der Waals surface area contributed by atoms with Gasteiger partial charge < -0.3 is 29.4 Å². The van der Waals surface area contributed by atoms with Crippen LogP contribution in [0.1, 0.15) is 52.0 Å². The Labute approximate surface area is 305 Å². The molecular weight excluding hydrogens is 699 g/mol. The van der Waals surface area contributed by atoms with Gasteiger partial charge in [0.2, 0.25) is 0 Å². The molecule has 0 heterocycles. The van der Waals surface area contributed by atoms with Crippen LogP contribution < -0.4 is 24.3 Å². The number of Topliss-reactive ketones (excluding diaryl/α,β-unsaturated/α-hetero) is 1. The molecule has 0 aliphatic heterocycles. The maximum absolute atomic E-state index is 12.2. The minimum absolute atomic E-state index is 0.137. The van der Waals surface area contributed by atoms with E-state index in [0.717, 1.165) is 24.8 Å². The highest BCUT2D eigenvalue weighted by Gasteiger charge is 2.15. The summed E-state index contributed by atoms with van der Waals surface area (Å²) in [5, 5.41) is 12.2. The lowest BCUT2D eigenvalue weighted by atomic mass is 10.0. The fourth-order valence-corrected chi connectivity index (χ4v) is 6.93. The van der Waals surface area contributed by atoms with Gasteiger partial charge in [-0.1, -0.05) is 47.5 Å². The molecule has 10 nitrogen and oxygen atoms in total. The number of nitrogens with one attached hydrogen (secondary N) is 1. The molecule has 0 radical (unpaired) electrons. The smallest absolute Gasteiger partial charge is 0.336 e. The van der Waals surface area contributed by atoms with Crippen molar-refractivity contribution in [2.24, 2.45) is 0 Å². The molecule has 4 aromatic rings. The van der Waals surface area contributed by atoms with Crippen LogP contribution in [-0.4, -0.2) is 57.1 Å². The number of benzene rings is 4. The topological polar surface area (TPSA) is 137 Å². The van der Waals surface area contributed by atoms with Crippen LogP contribution in [0.4, 0.5) is 0 Å². The molecule has 0 aromatic heterocycles. The molecule has 4 aromatic carbocycles. The van der Waals surface area contributed by atoms with Crippen molar-refractivity contribution in [3.05, 3.63) is 102 Å². The third-order valence-electron chi connectivity index (χ3n) is 7.07. The van der Waals surface area contributed by atoms with E-state index in [1.54, 1.807) is 55.6 Å². The number of thiol groups is 1. The Kier molecular flexibility index (Phi) is 17.1. The van der Waals surface area contributed by atoms with Gasteiger partial charge in [0.05, 0.1) is 37.4 Å². The maximum Gasteiger partial charge on any atom is 0.336 e. The lowest BCUT2D eigenvalue weighted by molar-refractivity contribution is -0.121. The summed E-state index contributed by atoms with van der Waals surface area (Å²) < 4.78 is 20.2. The van der Waals surface area contributed by atoms with E-state index in [4.69, 9.17) is 18.9 Å². The lowest BCUT2D eigenvalue weighted by Gasteiger charge is -2.10. The standard InChI is InChI=1S/C21H25NO3S.C16H14O6S2/c1-25-18-11-12-20(26)19(15-18)21(24)22-13-7-3-6-10-17(23)14-16-8-4-2-5-9-16;1-20-10-3-5-14(12(7-10)16(18)19)23-24-15-6-4-11(21-2)8-13(15)22-9-17/h2,4-5,8-9,11-12,15,26H,3,6-7,10,13-14H2,1H3,(H,22,24);3-9H,1-2H3,(H,18,19). The van der Waals surface area contributed by atoms with Crippen molar-refractivity contribution in [1.82, 2.24) is 5.32 Å². The monoisotopic (exact) mass is 737 g/mol. The van der Waals surface area contributed by atoms with E-state index < -0.39 is 5.97 Å². The SMILES string of the molecule is COc1ccc(S)c(C(=O)NCCCCCC(=O)Cc2ccccc2)c1.COc1ccc(SSc2ccc(OC)cc2C(=O)O)c(OC=O)c1. The first kappa shape index (κ1) is 39.8. The van der Waals surface area contributed by atoms with Crippen molar-refractivity contribution < 1.29 is 43.2 Å². The molecule has 0 fully saturated rings. The maximum atomic E-state index is 12.2. The van der Waals surface area contributed by atoms with Crippen LogP contribution in [0.5, 0.6) is 23.0 Å². The van der Waals surface area contributed by atoms with E-state index in [2.05, 4.69) is 17.9 Å². The zero-order valence-electron chi connectivity index (χ0n) is 27.9. The van der Waals surface area contributed by atoms with Crippen LogP contribution >= 0.6 is 34.2 Å². The van der Waals surface area contributed by atoms with E-state index in [1.165, 1.54) is 41.9 Å². The summed E-state index contributed by atoms with van der Waals surface area (Å²) >= 11 is 4.31. The fraction of sp³-hybridized carbons (Fsp3) is 0.243. The average Bonchev–Trinajstić information content (AvgIpc) is 3.13. The number of aromatic carboxylic acids is 1. The number of ketones is 1. The van der Waals surface area contributed by atoms with Gasteiger partial charge in [0.15, 0.2) is 0 Å². The predicted octanol–water partition coefficient (Wildman–Crippen LogP) is 7.82. The third-order valence-corrected chi connectivity index (χ3v) is 9.93. The number of hydrogen-bond acceptors (Lipinski definition) is 11. The number of unbranched alkanes of at least 4 members (excludes halogenated alkanes) is 2. The Morgan fingerprint density at radius 2 is 1.36 bits per heavy atom. The highest BCUT2D eigenvalue weighted by Crippen LogP contribution is 2.44. The van der Waals surface area contributed by atoms with Crippen molar-refractivity contribution in [2.75, 3.05) is 27.9 Å². The summed E-state index contributed by atoms with van der Waals surface area (Å²) in [7, 11) is 7.07. The quantitative estimate of drug-likeness (QED) is 0.0399. The van der Waals surface area contributed by atoms with Gasteiger partial charge in [-0.15, -0.1) is 12.6 Å². The van der Waals surface area contributed by atoms with E-state index in [9.17, 15) is 24.3 Å². The minimum atomic E-state index is -1.05. The van der Waals surface area contributed by atoms with Crippen molar-refractivity contribution in [3.63, 3.8) is 0 Å². The largest absolute Gasteiger partial charge is 0.497 e. The van der Waals surface area contributed by atoms with E-state index in [-0.39, 0.29) is 17.3 Å². The number of rotatable bonds is 18. The van der Waals surface area contributed by atoms with Gasteiger partial charge in [0.1, 0.15) is 28.8 Å². The molecule has 0 atom stereocenters. The number of methoxy groups -OCH3 is 3. The summed E-state index contributed by atoms with van der Waals surface area (Å²) in [5.74, 6) is 1.05. The summed E-state index contributed by atoms with van der Waals surface area (Å²) in [6.45, 7) is 0.912. The molecule has 0 aliphatic carbocycles. The first-order valence-corrected chi connectivity index (χ1v) is 18.0.